The fourth-order valence-corrected chi connectivity index (χ4v) is 1.42. The molecule has 0 spiro atoms. The van der Waals surface area contributed by atoms with E-state index < -0.39 is 0 Å². The quantitative estimate of drug-likeness (QED) is 0.457. The smallest absolute Gasteiger partial charge is 0.338 e. The Labute approximate surface area is 119 Å². The lowest BCUT2D eigenvalue weighted by molar-refractivity contribution is 0.0500. The van der Waals surface area contributed by atoms with Crippen molar-refractivity contribution < 1.29 is 14.3 Å². The summed E-state index contributed by atoms with van der Waals surface area (Å²) in [4.78, 5) is 23.1. The number of anilines is 1. The van der Waals surface area contributed by atoms with Gasteiger partial charge in [-0.25, -0.2) is 9.59 Å². The molecule has 0 aliphatic rings. The van der Waals surface area contributed by atoms with Gasteiger partial charge >= 0.3 is 12.0 Å². The van der Waals surface area contributed by atoms with E-state index in [-0.39, 0.29) is 12.0 Å². The molecule has 0 aromatic heterocycles. The van der Waals surface area contributed by atoms with E-state index in [1.165, 1.54) is 0 Å². The van der Waals surface area contributed by atoms with E-state index in [2.05, 4.69) is 17.2 Å². The summed E-state index contributed by atoms with van der Waals surface area (Å²) < 4.78 is 5.09. The standard InChI is InChI=1S/C15H20N2O3/c1-3-5-11-20-14(18)12-6-8-13(9-7-12)17-15(19)16-10-4-2/h4,6-9H,2-3,5,10-11H2,1H3,(H2,16,17,19). The van der Waals surface area contributed by atoms with Crippen molar-refractivity contribution in [1.29, 1.82) is 0 Å². The largest absolute Gasteiger partial charge is 0.462 e. The topological polar surface area (TPSA) is 67.4 Å². The van der Waals surface area contributed by atoms with E-state index >= 15 is 0 Å². The zero-order valence-corrected chi connectivity index (χ0v) is 11.6. The van der Waals surface area contributed by atoms with Crippen LogP contribution in [0.15, 0.2) is 36.9 Å². The minimum atomic E-state index is -0.346. The molecule has 1 aromatic rings. The first-order chi connectivity index (χ1) is 9.67. The first kappa shape index (κ1) is 15.8. The molecule has 2 N–H and O–H groups in total. The highest BCUT2D eigenvalue weighted by atomic mass is 16.5. The number of carbonyl (C=O) groups is 2. The first-order valence-electron chi connectivity index (χ1n) is 6.60. The number of ether oxygens (including phenoxy) is 1. The van der Waals surface area contributed by atoms with Crippen LogP contribution in [0.3, 0.4) is 0 Å². The second-order valence-electron chi connectivity index (χ2n) is 4.19. The lowest BCUT2D eigenvalue weighted by Crippen LogP contribution is -2.28. The van der Waals surface area contributed by atoms with E-state index in [0.717, 1.165) is 12.8 Å². The van der Waals surface area contributed by atoms with Crippen molar-refractivity contribution in [3.8, 4) is 0 Å². The highest BCUT2D eigenvalue weighted by Gasteiger charge is 2.07. The van der Waals surface area contributed by atoms with Crippen molar-refractivity contribution in [2.24, 2.45) is 0 Å². The van der Waals surface area contributed by atoms with E-state index in [4.69, 9.17) is 4.74 Å². The Morgan fingerprint density at radius 3 is 2.60 bits per heavy atom. The molecule has 1 rings (SSSR count). The molecule has 5 heteroatoms. The molecule has 0 bridgehead atoms. The number of rotatable bonds is 7. The number of benzene rings is 1. The maximum absolute atomic E-state index is 11.7. The Hall–Kier alpha value is -2.30. The molecule has 0 aliphatic heterocycles. The highest BCUT2D eigenvalue weighted by molar-refractivity contribution is 5.92. The minimum Gasteiger partial charge on any atom is -0.462 e. The van der Waals surface area contributed by atoms with Crippen LogP contribution in [0.4, 0.5) is 10.5 Å². The predicted molar refractivity (Wildman–Crippen MR) is 78.9 cm³/mol. The molecule has 108 valence electrons. The van der Waals surface area contributed by atoms with Gasteiger partial charge in [-0.05, 0) is 30.7 Å². The normalized spacial score (nSPS) is 9.65. The summed E-state index contributed by atoms with van der Waals surface area (Å²) in [6.45, 7) is 6.37. The van der Waals surface area contributed by atoms with E-state index in [1.54, 1.807) is 30.3 Å². The Bertz CT molecular complexity index is 455. The second kappa shape index (κ2) is 8.74. The van der Waals surface area contributed by atoms with E-state index in [9.17, 15) is 9.59 Å². The molecule has 0 radical (unpaired) electrons. The molecule has 5 nitrogen and oxygen atoms in total. The Kier molecular flexibility index (Phi) is 6.89. The number of hydrogen-bond donors (Lipinski definition) is 2. The zero-order chi connectivity index (χ0) is 14.8. The zero-order valence-electron chi connectivity index (χ0n) is 11.6. The second-order valence-corrected chi connectivity index (χ2v) is 4.19. The van der Waals surface area contributed by atoms with Gasteiger partial charge in [-0.1, -0.05) is 19.4 Å². The van der Waals surface area contributed by atoms with Gasteiger partial charge in [0.05, 0.1) is 12.2 Å². The lowest BCUT2D eigenvalue weighted by Gasteiger charge is -2.07. The van der Waals surface area contributed by atoms with Crippen LogP contribution in [0, 0.1) is 0 Å². The number of esters is 1. The third kappa shape index (κ3) is 5.56. The highest BCUT2D eigenvalue weighted by Crippen LogP contribution is 2.10. The fraction of sp³-hybridized carbons (Fsp3) is 0.333. The van der Waals surface area contributed by atoms with Crippen molar-refractivity contribution in [1.82, 2.24) is 5.32 Å². The van der Waals surface area contributed by atoms with Gasteiger partial charge in [-0.3, -0.25) is 0 Å². The van der Waals surface area contributed by atoms with Gasteiger partial charge in [0.25, 0.3) is 0 Å². The summed E-state index contributed by atoms with van der Waals surface area (Å²) in [5, 5.41) is 5.24. The Morgan fingerprint density at radius 2 is 2.00 bits per heavy atom. The van der Waals surface area contributed by atoms with Crippen molar-refractivity contribution in [3.63, 3.8) is 0 Å². The van der Waals surface area contributed by atoms with Crippen LogP contribution >= 0.6 is 0 Å². The molecule has 0 saturated heterocycles. The summed E-state index contributed by atoms with van der Waals surface area (Å²) in [6, 6.07) is 6.24. The molecular weight excluding hydrogens is 256 g/mol. The molecule has 0 heterocycles. The summed E-state index contributed by atoms with van der Waals surface area (Å²) in [5.41, 5.74) is 1.08. The van der Waals surface area contributed by atoms with Gasteiger partial charge in [0, 0.05) is 12.2 Å². The van der Waals surface area contributed by atoms with Crippen molar-refractivity contribution in [2.45, 2.75) is 19.8 Å². The van der Waals surface area contributed by atoms with Gasteiger partial charge in [0.15, 0.2) is 0 Å². The van der Waals surface area contributed by atoms with Gasteiger partial charge < -0.3 is 15.4 Å². The summed E-state index contributed by atoms with van der Waals surface area (Å²) in [6.07, 6.45) is 3.43. The van der Waals surface area contributed by atoms with Gasteiger partial charge in [0.1, 0.15) is 0 Å². The maximum Gasteiger partial charge on any atom is 0.338 e. The average Bonchev–Trinajstić information content (AvgIpc) is 2.46. The van der Waals surface area contributed by atoms with Crippen LogP contribution < -0.4 is 10.6 Å². The molecule has 2 amide bonds. The molecule has 0 saturated carbocycles. The third-order valence-corrected chi connectivity index (χ3v) is 2.52. The number of carbonyl (C=O) groups excluding carboxylic acids is 2. The molecular formula is C15H20N2O3. The number of urea groups is 1. The number of unbranched alkanes of at least 4 members (excludes halogenated alkanes) is 1. The van der Waals surface area contributed by atoms with Crippen LogP contribution in [-0.4, -0.2) is 25.2 Å². The van der Waals surface area contributed by atoms with Crippen molar-refractivity contribution in [3.05, 3.63) is 42.5 Å². The maximum atomic E-state index is 11.7. The SMILES string of the molecule is C=CCNC(=O)Nc1ccc(C(=O)OCCCC)cc1. The van der Waals surface area contributed by atoms with Crippen molar-refractivity contribution >= 4 is 17.7 Å². The van der Waals surface area contributed by atoms with Crippen LogP contribution in [0.2, 0.25) is 0 Å². The molecule has 0 fully saturated rings. The Morgan fingerprint density at radius 1 is 1.30 bits per heavy atom. The van der Waals surface area contributed by atoms with E-state index in [0.29, 0.717) is 24.4 Å². The summed E-state index contributed by atoms with van der Waals surface area (Å²) in [5.74, 6) is -0.346. The van der Waals surface area contributed by atoms with Crippen LogP contribution in [0.5, 0.6) is 0 Å². The van der Waals surface area contributed by atoms with Crippen molar-refractivity contribution in [2.75, 3.05) is 18.5 Å². The minimum absolute atomic E-state index is 0.317. The van der Waals surface area contributed by atoms with Gasteiger partial charge in [0.2, 0.25) is 0 Å². The molecule has 1 aromatic carbocycles. The predicted octanol–water partition coefficient (Wildman–Crippen LogP) is 2.95. The molecule has 0 aliphatic carbocycles. The average molecular weight is 276 g/mol. The molecule has 0 atom stereocenters. The monoisotopic (exact) mass is 276 g/mol. The van der Waals surface area contributed by atoms with E-state index in [1.807, 2.05) is 6.92 Å². The number of amides is 2. The van der Waals surface area contributed by atoms with Gasteiger partial charge in [-0.2, -0.15) is 0 Å². The van der Waals surface area contributed by atoms with Crippen LogP contribution in [-0.2, 0) is 4.74 Å². The molecule has 0 unspecified atom stereocenters. The first-order valence-corrected chi connectivity index (χ1v) is 6.60. The van der Waals surface area contributed by atoms with Crippen LogP contribution in [0.1, 0.15) is 30.1 Å². The molecule has 20 heavy (non-hydrogen) atoms. The van der Waals surface area contributed by atoms with Crippen LogP contribution in [0.25, 0.3) is 0 Å². The summed E-state index contributed by atoms with van der Waals surface area (Å²) >= 11 is 0. The fourth-order valence-electron chi connectivity index (χ4n) is 1.42. The Balaban J connectivity index is 2.49. The van der Waals surface area contributed by atoms with Gasteiger partial charge in [-0.15, -0.1) is 6.58 Å². The third-order valence-electron chi connectivity index (χ3n) is 2.52. The number of nitrogens with one attached hydrogen (secondary N) is 2. The lowest BCUT2D eigenvalue weighted by atomic mass is 10.2. The number of hydrogen-bond acceptors (Lipinski definition) is 3. The summed E-state index contributed by atoms with van der Waals surface area (Å²) in [7, 11) is 0.